The number of hydrogen-bond acceptors (Lipinski definition) is 4. The summed E-state index contributed by atoms with van der Waals surface area (Å²) in [5, 5.41) is 40.1. The van der Waals surface area contributed by atoms with Gasteiger partial charge in [-0.05, 0) is 52.4 Å². The van der Waals surface area contributed by atoms with Gasteiger partial charge in [-0.25, -0.2) is 0 Å². The minimum atomic E-state index is -0.842. The number of carboxylic acid groups (broad SMARTS) is 1. The first-order chi connectivity index (χ1) is 13.8. The Morgan fingerprint density at radius 2 is 1.38 bits per heavy atom. The molecule has 29 heavy (non-hydrogen) atoms. The second kappa shape index (κ2) is 16.6. The summed E-state index contributed by atoms with van der Waals surface area (Å²) in [6, 6.07) is 0. The zero-order chi connectivity index (χ0) is 22.1. The van der Waals surface area contributed by atoms with Gasteiger partial charge in [-0.3, -0.25) is 4.79 Å². The van der Waals surface area contributed by atoms with Gasteiger partial charge in [0.05, 0.1) is 19.1 Å². The fourth-order valence-electron chi connectivity index (χ4n) is 3.71. The maximum atomic E-state index is 11.3. The Morgan fingerprint density at radius 3 is 1.76 bits per heavy atom. The Labute approximate surface area is 177 Å². The molecule has 170 valence electrons. The van der Waals surface area contributed by atoms with Gasteiger partial charge in [-0.1, -0.05) is 31.2 Å². The summed E-state index contributed by atoms with van der Waals surface area (Å²) in [4.78, 5) is 11.3. The third kappa shape index (κ3) is 13.6. The predicted molar refractivity (Wildman–Crippen MR) is 118 cm³/mol. The van der Waals surface area contributed by atoms with Gasteiger partial charge in [0, 0.05) is 6.42 Å². The first-order valence-corrected chi connectivity index (χ1v) is 11.1. The Hall–Kier alpha value is -1.21. The van der Waals surface area contributed by atoms with E-state index in [0.717, 1.165) is 25.7 Å². The van der Waals surface area contributed by atoms with Crippen LogP contribution in [0.2, 0.25) is 0 Å². The monoisotopic (exact) mass is 414 g/mol. The lowest BCUT2D eigenvalue weighted by Crippen LogP contribution is -2.58. The lowest BCUT2D eigenvalue weighted by atomic mass is 10.0. The van der Waals surface area contributed by atoms with Gasteiger partial charge in [0.25, 0.3) is 0 Å². The maximum absolute atomic E-state index is 11.3. The van der Waals surface area contributed by atoms with E-state index in [-0.39, 0.29) is 6.61 Å². The SMILES string of the molecule is C/C=C/CCCC(O)C[N+](CCO)(CCC(C)C(=O)O)CC(O)CCC/C=C/C. The van der Waals surface area contributed by atoms with Gasteiger partial charge < -0.3 is 24.9 Å². The summed E-state index contributed by atoms with van der Waals surface area (Å²) in [5.74, 6) is -1.34. The van der Waals surface area contributed by atoms with Crippen LogP contribution >= 0.6 is 0 Å². The summed E-state index contributed by atoms with van der Waals surface area (Å²) < 4.78 is 0.351. The second-order valence-corrected chi connectivity index (χ2v) is 8.21. The van der Waals surface area contributed by atoms with Crippen molar-refractivity contribution in [2.45, 2.75) is 77.9 Å². The number of unbranched alkanes of at least 4 members (excludes halogenated alkanes) is 2. The first kappa shape index (κ1) is 27.8. The Bertz CT molecular complexity index is 452. The molecule has 6 nitrogen and oxygen atoms in total. The Kier molecular flexibility index (Phi) is 15.9. The summed E-state index contributed by atoms with van der Waals surface area (Å²) in [7, 11) is 0. The molecule has 0 aliphatic carbocycles. The maximum Gasteiger partial charge on any atom is 0.306 e. The minimum absolute atomic E-state index is 0.0575. The highest BCUT2D eigenvalue weighted by Gasteiger charge is 2.33. The van der Waals surface area contributed by atoms with Crippen LogP contribution in [0.4, 0.5) is 0 Å². The third-order valence-electron chi connectivity index (χ3n) is 5.52. The second-order valence-electron chi connectivity index (χ2n) is 8.21. The average Bonchev–Trinajstić information content (AvgIpc) is 2.67. The third-order valence-corrected chi connectivity index (χ3v) is 5.52. The molecule has 0 radical (unpaired) electrons. The van der Waals surface area contributed by atoms with Crippen LogP contribution in [-0.4, -0.2) is 75.9 Å². The number of aliphatic hydroxyl groups excluding tert-OH is 3. The van der Waals surface area contributed by atoms with E-state index in [1.54, 1.807) is 6.92 Å². The van der Waals surface area contributed by atoms with Crippen LogP contribution in [0, 0.1) is 5.92 Å². The molecule has 0 aromatic heterocycles. The number of rotatable bonds is 18. The first-order valence-electron chi connectivity index (χ1n) is 11.1. The topological polar surface area (TPSA) is 98.0 Å². The van der Waals surface area contributed by atoms with Crippen molar-refractivity contribution in [2.24, 2.45) is 5.92 Å². The Balaban J connectivity index is 5.11. The van der Waals surface area contributed by atoms with Crippen LogP contribution in [0.15, 0.2) is 24.3 Å². The van der Waals surface area contributed by atoms with E-state index in [1.807, 2.05) is 26.0 Å². The molecule has 0 aromatic carbocycles. The molecule has 0 saturated carbocycles. The fraction of sp³-hybridized carbons (Fsp3) is 0.783. The van der Waals surface area contributed by atoms with E-state index in [2.05, 4.69) is 12.2 Å². The molecule has 0 amide bonds. The molecule has 0 bridgehead atoms. The predicted octanol–water partition coefficient (Wildman–Crippen LogP) is 3.12. The highest BCUT2D eigenvalue weighted by molar-refractivity contribution is 5.69. The smallest absolute Gasteiger partial charge is 0.306 e. The zero-order valence-corrected chi connectivity index (χ0v) is 18.7. The molecule has 3 atom stereocenters. The van der Waals surface area contributed by atoms with Gasteiger partial charge in [0.1, 0.15) is 31.8 Å². The van der Waals surface area contributed by atoms with Gasteiger partial charge in [-0.2, -0.15) is 0 Å². The van der Waals surface area contributed by atoms with Crippen molar-refractivity contribution in [3.05, 3.63) is 24.3 Å². The zero-order valence-electron chi connectivity index (χ0n) is 18.7. The number of allylic oxidation sites excluding steroid dienone is 4. The van der Waals surface area contributed by atoms with Gasteiger partial charge in [0.15, 0.2) is 0 Å². The van der Waals surface area contributed by atoms with E-state index < -0.39 is 24.1 Å². The van der Waals surface area contributed by atoms with Crippen molar-refractivity contribution in [3.8, 4) is 0 Å². The summed E-state index contributed by atoms with van der Waals surface area (Å²) in [6.07, 6.45) is 12.4. The summed E-state index contributed by atoms with van der Waals surface area (Å²) in [6.45, 7) is 7.34. The molecule has 0 aliphatic heterocycles. The molecule has 6 heteroatoms. The minimum Gasteiger partial charge on any atom is -0.481 e. The van der Waals surface area contributed by atoms with Crippen molar-refractivity contribution < 1.29 is 29.7 Å². The van der Waals surface area contributed by atoms with Crippen molar-refractivity contribution in [2.75, 3.05) is 32.8 Å². The van der Waals surface area contributed by atoms with Crippen LogP contribution in [0.5, 0.6) is 0 Å². The number of aliphatic hydroxyl groups is 3. The lowest BCUT2D eigenvalue weighted by Gasteiger charge is -2.41. The van der Waals surface area contributed by atoms with Gasteiger partial charge >= 0.3 is 5.97 Å². The van der Waals surface area contributed by atoms with Crippen LogP contribution in [0.25, 0.3) is 0 Å². The quantitative estimate of drug-likeness (QED) is 0.157. The molecular formula is C23H44NO5+. The molecule has 3 unspecified atom stereocenters. The number of aliphatic carboxylic acids is 1. The number of hydrogen-bond donors (Lipinski definition) is 4. The average molecular weight is 415 g/mol. The van der Waals surface area contributed by atoms with Crippen molar-refractivity contribution in [1.82, 2.24) is 0 Å². The van der Waals surface area contributed by atoms with Crippen LogP contribution in [0.3, 0.4) is 0 Å². The molecule has 4 N–H and O–H groups in total. The molecule has 0 fully saturated rings. The van der Waals surface area contributed by atoms with Crippen molar-refractivity contribution in [3.63, 3.8) is 0 Å². The molecule has 0 saturated heterocycles. The molecule has 0 aromatic rings. The normalized spacial score (nSPS) is 17.4. The van der Waals surface area contributed by atoms with Gasteiger partial charge in [-0.15, -0.1) is 0 Å². The number of carbonyl (C=O) groups is 1. The van der Waals surface area contributed by atoms with E-state index in [4.69, 9.17) is 0 Å². The Morgan fingerprint density at radius 1 is 0.897 bits per heavy atom. The summed E-state index contributed by atoms with van der Waals surface area (Å²) in [5.41, 5.74) is 0. The molecule has 0 rings (SSSR count). The molecule has 0 heterocycles. The standard InChI is InChI=1S/C23H43NO5/c1-4-6-8-10-12-21(26)18-24(16-17-25,15-14-20(3)23(28)29)19-22(27)13-11-9-7-5-2/h4-7,20-22,25-27H,8-19H2,1-3H3/p+1/b6-4+,7-5+. The largest absolute Gasteiger partial charge is 0.481 e. The molecule has 0 aliphatic rings. The van der Waals surface area contributed by atoms with E-state index in [9.17, 15) is 25.2 Å². The molecule has 0 spiro atoms. The number of carboxylic acids is 1. The highest BCUT2D eigenvalue weighted by atomic mass is 16.4. The number of quaternary nitrogens is 1. The van der Waals surface area contributed by atoms with Gasteiger partial charge in [0.2, 0.25) is 0 Å². The fourth-order valence-corrected chi connectivity index (χ4v) is 3.71. The van der Waals surface area contributed by atoms with Crippen LogP contribution in [-0.2, 0) is 4.79 Å². The lowest BCUT2D eigenvalue weighted by molar-refractivity contribution is -0.934. The molecular weight excluding hydrogens is 370 g/mol. The van der Waals surface area contributed by atoms with Crippen LogP contribution in [0.1, 0.15) is 65.7 Å². The van der Waals surface area contributed by atoms with Crippen molar-refractivity contribution in [1.29, 1.82) is 0 Å². The van der Waals surface area contributed by atoms with Crippen LogP contribution < -0.4 is 0 Å². The summed E-state index contributed by atoms with van der Waals surface area (Å²) >= 11 is 0. The van der Waals surface area contributed by atoms with E-state index >= 15 is 0 Å². The van der Waals surface area contributed by atoms with E-state index in [1.165, 1.54) is 0 Å². The van der Waals surface area contributed by atoms with E-state index in [0.29, 0.717) is 49.9 Å². The van der Waals surface area contributed by atoms with Crippen molar-refractivity contribution >= 4 is 5.97 Å². The highest BCUT2D eigenvalue weighted by Crippen LogP contribution is 2.19. The number of nitrogens with zero attached hydrogens (tertiary/aromatic N) is 1.